The van der Waals surface area contributed by atoms with Gasteiger partial charge in [-0.15, -0.1) is 0 Å². The Kier molecular flexibility index (Phi) is 5.70. The molecule has 2 N–H and O–H groups in total. The average molecular weight is 308 g/mol. The minimum atomic E-state index is -0.172. The number of carbonyl (C=O) groups is 1. The Morgan fingerprint density at radius 2 is 2.04 bits per heavy atom. The van der Waals surface area contributed by atoms with Crippen LogP contribution < -0.4 is 10.6 Å². The molecule has 1 amide bonds. The predicted octanol–water partition coefficient (Wildman–Crippen LogP) is 3.47. The lowest BCUT2D eigenvalue weighted by Gasteiger charge is -2.09. The van der Waals surface area contributed by atoms with Gasteiger partial charge < -0.3 is 10.6 Å². The van der Waals surface area contributed by atoms with Gasteiger partial charge in [0, 0.05) is 6.54 Å². The third-order valence-corrected chi connectivity index (χ3v) is 3.33. The van der Waals surface area contributed by atoms with Crippen LogP contribution in [0.25, 0.3) is 0 Å². The second-order valence-electron chi connectivity index (χ2n) is 5.65. The van der Waals surface area contributed by atoms with E-state index in [4.69, 9.17) is 5.26 Å². The lowest BCUT2D eigenvalue weighted by atomic mass is 10.1. The van der Waals surface area contributed by atoms with Crippen LogP contribution in [0.2, 0.25) is 0 Å². The predicted molar refractivity (Wildman–Crippen MR) is 90.5 cm³/mol. The van der Waals surface area contributed by atoms with Crippen molar-refractivity contribution in [1.29, 1.82) is 5.26 Å². The molecule has 0 radical (unpaired) electrons. The van der Waals surface area contributed by atoms with E-state index in [2.05, 4.69) is 35.5 Å². The summed E-state index contributed by atoms with van der Waals surface area (Å²) in [5.41, 5.74) is 2.38. The molecule has 1 aromatic heterocycles. The van der Waals surface area contributed by atoms with Crippen molar-refractivity contribution >= 4 is 17.3 Å². The molecular formula is C18H20N4O. The summed E-state index contributed by atoms with van der Waals surface area (Å²) in [6, 6.07) is 12.8. The summed E-state index contributed by atoms with van der Waals surface area (Å²) in [6.07, 6.45) is 2.53. The quantitative estimate of drug-likeness (QED) is 0.856. The van der Waals surface area contributed by atoms with Crippen LogP contribution in [0, 0.1) is 17.2 Å². The van der Waals surface area contributed by atoms with Crippen LogP contribution in [0.5, 0.6) is 0 Å². The molecule has 0 unspecified atom stereocenters. The van der Waals surface area contributed by atoms with Gasteiger partial charge in [-0.1, -0.05) is 26.0 Å². The van der Waals surface area contributed by atoms with Gasteiger partial charge >= 0.3 is 0 Å². The number of hydrogen-bond donors (Lipinski definition) is 2. The highest BCUT2D eigenvalue weighted by molar-refractivity contribution is 5.92. The summed E-state index contributed by atoms with van der Waals surface area (Å²) in [7, 11) is 0. The molecule has 0 atom stereocenters. The standard InChI is InChI=1S/C18H20N4O/c1-13(2)9-10-20-18(23)17-8-7-15(12-21-17)22-16-6-4-3-5-14(16)11-19/h3-8,12-13,22H,9-10H2,1-2H3,(H,20,23). The van der Waals surface area contributed by atoms with E-state index in [1.807, 2.05) is 18.2 Å². The maximum atomic E-state index is 12.0. The van der Waals surface area contributed by atoms with Crippen LogP contribution in [0.3, 0.4) is 0 Å². The Morgan fingerprint density at radius 1 is 1.26 bits per heavy atom. The molecule has 5 heteroatoms. The second-order valence-corrected chi connectivity index (χ2v) is 5.65. The topological polar surface area (TPSA) is 77.8 Å². The van der Waals surface area contributed by atoms with Gasteiger partial charge in [0.25, 0.3) is 5.91 Å². The number of aromatic nitrogens is 1. The minimum absolute atomic E-state index is 0.172. The van der Waals surface area contributed by atoms with E-state index >= 15 is 0 Å². The van der Waals surface area contributed by atoms with Crippen molar-refractivity contribution in [3.8, 4) is 6.07 Å². The van der Waals surface area contributed by atoms with Crippen LogP contribution in [-0.4, -0.2) is 17.4 Å². The number of para-hydroxylation sites is 1. The van der Waals surface area contributed by atoms with E-state index in [0.717, 1.165) is 12.1 Å². The number of amides is 1. The zero-order valence-electron chi connectivity index (χ0n) is 13.3. The molecule has 0 bridgehead atoms. The van der Waals surface area contributed by atoms with Gasteiger partial charge in [-0.2, -0.15) is 5.26 Å². The fraction of sp³-hybridized carbons (Fsp3) is 0.278. The normalized spacial score (nSPS) is 10.2. The Morgan fingerprint density at radius 3 is 2.70 bits per heavy atom. The van der Waals surface area contributed by atoms with Crippen molar-refractivity contribution in [1.82, 2.24) is 10.3 Å². The number of anilines is 2. The third-order valence-electron chi connectivity index (χ3n) is 3.33. The van der Waals surface area contributed by atoms with E-state index in [9.17, 15) is 4.79 Å². The minimum Gasteiger partial charge on any atom is -0.353 e. The number of carbonyl (C=O) groups excluding carboxylic acids is 1. The van der Waals surface area contributed by atoms with Gasteiger partial charge in [0.2, 0.25) is 0 Å². The van der Waals surface area contributed by atoms with E-state index < -0.39 is 0 Å². The lowest BCUT2D eigenvalue weighted by Crippen LogP contribution is -2.26. The molecule has 0 saturated carbocycles. The molecule has 118 valence electrons. The van der Waals surface area contributed by atoms with Gasteiger partial charge in [0.1, 0.15) is 11.8 Å². The molecule has 2 rings (SSSR count). The maximum absolute atomic E-state index is 12.0. The van der Waals surface area contributed by atoms with Crippen LogP contribution in [0.1, 0.15) is 36.3 Å². The fourth-order valence-electron chi connectivity index (χ4n) is 2.01. The van der Waals surface area contributed by atoms with Gasteiger partial charge in [0.05, 0.1) is 23.1 Å². The average Bonchev–Trinajstić information content (AvgIpc) is 2.55. The zero-order valence-corrected chi connectivity index (χ0v) is 13.3. The number of benzene rings is 1. The zero-order chi connectivity index (χ0) is 16.7. The first-order chi connectivity index (χ1) is 11.1. The van der Waals surface area contributed by atoms with Crippen molar-refractivity contribution in [2.45, 2.75) is 20.3 Å². The molecule has 5 nitrogen and oxygen atoms in total. The second kappa shape index (κ2) is 7.95. The maximum Gasteiger partial charge on any atom is 0.269 e. The number of nitrogens with one attached hydrogen (secondary N) is 2. The summed E-state index contributed by atoms with van der Waals surface area (Å²) >= 11 is 0. The number of hydrogen-bond acceptors (Lipinski definition) is 4. The molecular weight excluding hydrogens is 288 g/mol. The summed E-state index contributed by atoms with van der Waals surface area (Å²) in [5.74, 6) is 0.379. The smallest absolute Gasteiger partial charge is 0.269 e. The number of rotatable bonds is 6. The molecule has 0 spiro atoms. The Labute approximate surface area is 136 Å². The number of nitriles is 1. The fourth-order valence-corrected chi connectivity index (χ4v) is 2.01. The van der Waals surface area contributed by atoms with Crippen LogP contribution >= 0.6 is 0 Å². The van der Waals surface area contributed by atoms with E-state index in [1.165, 1.54) is 0 Å². The molecule has 23 heavy (non-hydrogen) atoms. The Bertz CT molecular complexity index is 702. The summed E-state index contributed by atoms with van der Waals surface area (Å²) in [4.78, 5) is 16.1. The first-order valence-corrected chi connectivity index (χ1v) is 7.60. The van der Waals surface area contributed by atoms with Gasteiger partial charge in [0.15, 0.2) is 0 Å². The highest BCUT2D eigenvalue weighted by Gasteiger charge is 2.07. The monoisotopic (exact) mass is 308 g/mol. The summed E-state index contributed by atoms with van der Waals surface area (Å²) < 4.78 is 0. The van der Waals surface area contributed by atoms with Crippen molar-refractivity contribution in [2.24, 2.45) is 5.92 Å². The molecule has 0 fully saturated rings. The molecule has 0 aliphatic rings. The highest BCUT2D eigenvalue weighted by atomic mass is 16.1. The van der Waals surface area contributed by atoms with Crippen molar-refractivity contribution in [2.75, 3.05) is 11.9 Å². The van der Waals surface area contributed by atoms with E-state index in [0.29, 0.717) is 29.4 Å². The van der Waals surface area contributed by atoms with Crippen molar-refractivity contribution in [3.63, 3.8) is 0 Å². The molecule has 0 aliphatic heterocycles. The van der Waals surface area contributed by atoms with Gasteiger partial charge in [-0.05, 0) is 36.6 Å². The highest BCUT2D eigenvalue weighted by Crippen LogP contribution is 2.19. The van der Waals surface area contributed by atoms with Crippen LogP contribution in [-0.2, 0) is 0 Å². The van der Waals surface area contributed by atoms with Gasteiger partial charge in [-0.3, -0.25) is 4.79 Å². The van der Waals surface area contributed by atoms with Crippen LogP contribution in [0.4, 0.5) is 11.4 Å². The summed E-state index contributed by atoms with van der Waals surface area (Å²) in [5, 5.41) is 15.1. The Hall–Kier alpha value is -2.87. The molecule has 1 aromatic carbocycles. The van der Waals surface area contributed by atoms with Gasteiger partial charge in [-0.25, -0.2) is 4.98 Å². The third kappa shape index (κ3) is 4.82. The molecule has 0 saturated heterocycles. The molecule has 1 heterocycles. The van der Waals surface area contributed by atoms with Crippen molar-refractivity contribution < 1.29 is 4.79 Å². The first-order valence-electron chi connectivity index (χ1n) is 7.60. The van der Waals surface area contributed by atoms with E-state index in [1.54, 1.807) is 24.4 Å². The van der Waals surface area contributed by atoms with Crippen molar-refractivity contribution in [3.05, 3.63) is 53.9 Å². The van der Waals surface area contributed by atoms with E-state index in [-0.39, 0.29) is 5.91 Å². The SMILES string of the molecule is CC(C)CCNC(=O)c1ccc(Nc2ccccc2C#N)cn1. The van der Waals surface area contributed by atoms with Crippen LogP contribution in [0.15, 0.2) is 42.6 Å². The first kappa shape index (κ1) is 16.5. The summed E-state index contributed by atoms with van der Waals surface area (Å²) in [6.45, 7) is 4.88. The number of pyridine rings is 1. The molecule has 2 aromatic rings. The number of nitrogens with zero attached hydrogens (tertiary/aromatic N) is 2. The molecule has 0 aliphatic carbocycles. The Balaban J connectivity index is 1.99. The lowest BCUT2D eigenvalue weighted by molar-refractivity contribution is 0.0947. The largest absolute Gasteiger partial charge is 0.353 e.